The van der Waals surface area contributed by atoms with Crippen LogP contribution in [0.25, 0.3) is 16.6 Å². The van der Waals surface area contributed by atoms with Crippen molar-refractivity contribution in [1.82, 2.24) is 9.97 Å². The summed E-state index contributed by atoms with van der Waals surface area (Å²) in [6.45, 7) is 5.03. The van der Waals surface area contributed by atoms with Crippen LogP contribution in [0, 0.1) is 11.3 Å². The van der Waals surface area contributed by atoms with Crippen molar-refractivity contribution in [3.8, 4) is 11.8 Å². The molecule has 1 fully saturated rings. The fourth-order valence-electron chi connectivity index (χ4n) is 3.91. The zero-order valence-electron chi connectivity index (χ0n) is 16.3. The van der Waals surface area contributed by atoms with Crippen molar-refractivity contribution >= 4 is 22.3 Å². The molecule has 1 aromatic heterocycles. The van der Waals surface area contributed by atoms with E-state index >= 15 is 0 Å². The average Bonchev–Trinajstić information content (AvgIpc) is 3.18. The average molecular weight is 390 g/mol. The van der Waals surface area contributed by atoms with E-state index in [1.54, 1.807) is 6.07 Å². The monoisotopic (exact) mass is 390 g/mol. The highest BCUT2D eigenvalue weighted by Crippen LogP contribution is 2.26. The van der Waals surface area contributed by atoms with Gasteiger partial charge >= 0.3 is 0 Å². The van der Waals surface area contributed by atoms with Crippen LogP contribution in [0.4, 0.5) is 5.69 Å². The van der Waals surface area contributed by atoms with Crippen LogP contribution in [0.2, 0.25) is 0 Å². The summed E-state index contributed by atoms with van der Waals surface area (Å²) in [5.41, 5.74) is 2.61. The van der Waals surface area contributed by atoms with Crippen LogP contribution >= 0.6 is 0 Å². The van der Waals surface area contributed by atoms with Crippen LogP contribution in [0.5, 0.6) is 5.75 Å². The molecule has 0 spiro atoms. The molecule has 7 nitrogen and oxygen atoms in total. The van der Waals surface area contributed by atoms with Gasteiger partial charge < -0.3 is 25.0 Å². The Kier molecular flexibility index (Phi) is 5.10. The molecule has 0 aliphatic carbocycles. The van der Waals surface area contributed by atoms with Crippen molar-refractivity contribution in [3.05, 3.63) is 60.1 Å². The van der Waals surface area contributed by atoms with Gasteiger partial charge in [-0.3, -0.25) is 0 Å². The van der Waals surface area contributed by atoms with Crippen LogP contribution in [0.1, 0.15) is 12.7 Å². The molecule has 2 aromatic carbocycles. The van der Waals surface area contributed by atoms with Gasteiger partial charge in [0.15, 0.2) is 11.6 Å². The Balaban J connectivity index is 1.52. The van der Waals surface area contributed by atoms with Gasteiger partial charge in [0.2, 0.25) is 0 Å². The smallest absolute Gasteiger partial charge is 0.172 e. The van der Waals surface area contributed by atoms with E-state index in [1.807, 2.05) is 49.4 Å². The van der Waals surface area contributed by atoms with E-state index in [2.05, 4.69) is 20.9 Å². The number of aliphatic hydroxyl groups is 1. The largest absolute Gasteiger partial charge is 0.506 e. The van der Waals surface area contributed by atoms with Crippen molar-refractivity contribution in [3.63, 3.8) is 0 Å². The number of nitrogens with one attached hydrogen (secondary N) is 2. The van der Waals surface area contributed by atoms with Gasteiger partial charge in [-0.15, -0.1) is 0 Å². The minimum Gasteiger partial charge on any atom is -0.506 e. The van der Waals surface area contributed by atoms with E-state index in [0.717, 1.165) is 42.9 Å². The maximum atomic E-state index is 10.9. The standard InChI is InChI=1S/C22H23N5O2/c1-15(26-10-12-27(13-11-26)19-8-4-5-9-20(19)28)21(29)16(14-23)22-24-17-6-2-3-7-18(17)25-22/h2-9,15,28-29H,10-13H2,1H3,(H,24,25)/p+1/b21-16-/t15-/m0/s1. The highest BCUT2D eigenvalue weighted by molar-refractivity contribution is 5.82. The van der Waals surface area contributed by atoms with Gasteiger partial charge in [-0.1, -0.05) is 24.3 Å². The number of anilines is 1. The molecule has 0 bridgehead atoms. The third-order valence-corrected chi connectivity index (χ3v) is 5.64. The van der Waals surface area contributed by atoms with Gasteiger partial charge in [0.1, 0.15) is 23.4 Å². The molecule has 7 heteroatoms. The first kappa shape index (κ1) is 18.8. The van der Waals surface area contributed by atoms with Crippen LogP contribution < -0.4 is 9.80 Å². The highest BCUT2D eigenvalue weighted by Gasteiger charge is 2.30. The number of para-hydroxylation sites is 4. The molecular formula is C22H24N5O2+. The summed E-state index contributed by atoms with van der Waals surface area (Å²) in [5, 5.41) is 30.6. The Morgan fingerprint density at radius 1 is 1.17 bits per heavy atom. The summed E-state index contributed by atoms with van der Waals surface area (Å²) in [5.74, 6) is 0.728. The van der Waals surface area contributed by atoms with Crippen molar-refractivity contribution in [2.24, 2.45) is 0 Å². The van der Waals surface area contributed by atoms with Gasteiger partial charge in [0.25, 0.3) is 0 Å². The number of aliphatic hydroxyl groups excluding tert-OH is 1. The SMILES string of the molecule is C[C@@H](/C(O)=C(\C#N)c1nc2ccccc2[nH]1)[NH+]1CCN(c2ccccc2O)CC1. The number of hydrogen-bond donors (Lipinski definition) is 4. The van der Waals surface area contributed by atoms with Crippen molar-refractivity contribution in [2.45, 2.75) is 13.0 Å². The number of nitriles is 1. The molecule has 1 atom stereocenters. The first-order chi connectivity index (χ1) is 14.1. The maximum absolute atomic E-state index is 10.9. The number of aromatic amines is 1. The topological polar surface area (TPSA) is 101 Å². The molecule has 1 aliphatic heterocycles. The second-order valence-corrected chi connectivity index (χ2v) is 7.33. The molecule has 0 saturated carbocycles. The Bertz CT molecular complexity index is 1060. The fourth-order valence-corrected chi connectivity index (χ4v) is 3.91. The lowest BCUT2D eigenvalue weighted by Crippen LogP contribution is -3.18. The molecule has 0 amide bonds. The number of piperazine rings is 1. The lowest BCUT2D eigenvalue weighted by atomic mass is 10.1. The molecular weight excluding hydrogens is 366 g/mol. The minimum absolute atomic E-state index is 0.0533. The zero-order valence-corrected chi connectivity index (χ0v) is 16.3. The van der Waals surface area contributed by atoms with E-state index in [-0.39, 0.29) is 23.1 Å². The van der Waals surface area contributed by atoms with E-state index in [1.165, 1.54) is 4.90 Å². The van der Waals surface area contributed by atoms with Gasteiger partial charge in [-0.25, -0.2) is 4.98 Å². The summed E-state index contributed by atoms with van der Waals surface area (Å²) < 4.78 is 0. The molecule has 3 aromatic rings. The van der Waals surface area contributed by atoms with Gasteiger partial charge in [-0.2, -0.15) is 5.26 Å². The molecule has 4 rings (SSSR count). The number of H-pyrrole nitrogens is 1. The number of aromatic nitrogens is 2. The quantitative estimate of drug-likeness (QED) is 0.402. The van der Waals surface area contributed by atoms with Crippen molar-refractivity contribution in [2.75, 3.05) is 31.1 Å². The number of quaternary nitrogens is 1. The Hall–Kier alpha value is -3.50. The van der Waals surface area contributed by atoms with Crippen molar-refractivity contribution < 1.29 is 15.1 Å². The third kappa shape index (κ3) is 3.62. The lowest BCUT2D eigenvalue weighted by Gasteiger charge is -2.36. The van der Waals surface area contributed by atoms with E-state index < -0.39 is 0 Å². The maximum Gasteiger partial charge on any atom is 0.172 e. The van der Waals surface area contributed by atoms with Gasteiger partial charge in [0.05, 0.1) is 42.9 Å². The summed E-state index contributed by atoms with van der Waals surface area (Å²) in [6, 6.07) is 16.8. The third-order valence-electron chi connectivity index (χ3n) is 5.64. The zero-order chi connectivity index (χ0) is 20.4. The minimum atomic E-state index is -0.232. The number of aromatic hydroxyl groups is 1. The Morgan fingerprint density at radius 3 is 2.55 bits per heavy atom. The molecule has 29 heavy (non-hydrogen) atoms. The lowest BCUT2D eigenvalue weighted by molar-refractivity contribution is -0.919. The summed E-state index contributed by atoms with van der Waals surface area (Å²) in [4.78, 5) is 10.9. The van der Waals surface area contributed by atoms with Crippen LogP contribution in [0.3, 0.4) is 0 Å². The molecule has 4 N–H and O–H groups in total. The first-order valence-electron chi connectivity index (χ1n) is 9.74. The Labute approximate surface area is 169 Å². The number of hydrogen-bond acceptors (Lipinski definition) is 5. The van der Waals surface area contributed by atoms with Crippen LogP contribution in [0.15, 0.2) is 54.3 Å². The highest BCUT2D eigenvalue weighted by atomic mass is 16.3. The fraction of sp³-hybridized carbons (Fsp3) is 0.273. The van der Waals surface area contributed by atoms with E-state index in [4.69, 9.17) is 0 Å². The Morgan fingerprint density at radius 2 is 1.86 bits per heavy atom. The number of imidazole rings is 1. The number of nitrogens with zero attached hydrogens (tertiary/aromatic N) is 3. The second-order valence-electron chi connectivity index (χ2n) is 7.33. The summed E-state index contributed by atoms with van der Waals surface area (Å²) in [7, 11) is 0. The number of benzene rings is 2. The molecule has 1 saturated heterocycles. The number of allylic oxidation sites excluding steroid dienone is 1. The second kappa shape index (κ2) is 7.86. The molecule has 0 radical (unpaired) electrons. The number of rotatable bonds is 4. The normalized spacial score (nSPS) is 17.0. The van der Waals surface area contributed by atoms with Crippen LogP contribution in [-0.4, -0.2) is 52.4 Å². The number of phenolic OH excluding ortho intramolecular Hbond substituents is 1. The predicted molar refractivity (Wildman–Crippen MR) is 112 cm³/mol. The van der Waals surface area contributed by atoms with E-state index in [0.29, 0.717) is 5.82 Å². The van der Waals surface area contributed by atoms with Crippen LogP contribution in [-0.2, 0) is 0 Å². The first-order valence-corrected chi connectivity index (χ1v) is 9.74. The van der Waals surface area contributed by atoms with Crippen molar-refractivity contribution in [1.29, 1.82) is 5.26 Å². The molecule has 1 aliphatic rings. The molecule has 2 heterocycles. The number of phenols is 1. The van der Waals surface area contributed by atoms with E-state index in [9.17, 15) is 15.5 Å². The summed E-state index contributed by atoms with van der Waals surface area (Å²) in [6.07, 6.45) is 0. The summed E-state index contributed by atoms with van der Waals surface area (Å²) >= 11 is 0. The molecule has 0 unspecified atom stereocenters. The number of fused-ring (bicyclic) bond motifs is 1. The predicted octanol–water partition coefficient (Wildman–Crippen LogP) is 1.85. The van der Waals surface area contributed by atoms with Gasteiger partial charge in [-0.05, 0) is 31.2 Å². The molecule has 148 valence electrons. The van der Waals surface area contributed by atoms with Gasteiger partial charge in [0, 0.05) is 0 Å².